The molecule has 2 bridgehead atoms. The van der Waals surface area contributed by atoms with E-state index in [1.54, 1.807) is 18.2 Å². The Hall–Kier alpha value is -4.21. The molecule has 2 saturated heterocycles. The minimum Gasteiger partial charge on any atom is -0.870 e. The van der Waals surface area contributed by atoms with Crippen LogP contribution in [0.25, 0.3) is 32.9 Å². The molecule has 3 N–H and O–H groups in total. The highest BCUT2D eigenvalue weighted by atomic mass is 16.5. The summed E-state index contributed by atoms with van der Waals surface area (Å²) in [5, 5.41) is 2.34. The number of methoxy groups -OCH3 is 1. The third-order valence-electron chi connectivity index (χ3n) is 13.4. The van der Waals surface area contributed by atoms with Crippen molar-refractivity contribution in [3.63, 3.8) is 0 Å². The molecule has 7 atom stereocenters. The van der Waals surface area contributed by atoms with E-state index < -0.39 is 0 Å². The maximum Gasteiger partial charge on any atom is 0.235 e. The standard InChI is InChI=1S/C40H39N4O2.2H2O/c1-4-23-20-42-15-12-25-35-30(9-7-11-33(35)45-3)41-37(25)32(42)18-26(23)28-21-43-31-10-6-5-8-29(31)40-14-16-44(2)22-24-13-17-46-38(28)36(39(40)43)27(24)19-34(40)44;;/h5-13,15,18,20-21,27,34,36,38-39H,4,14,16-17,19,22H2,1-3H3;2*1H2/q+1;;/p-1/t27-,34-,36-,38-,39-,40+,44?;;/m0../s1. The summed E-state index contributed by atoms with van der Waals surface area (Å²) in [6.45, 7) is 5.46. The normalized spacial score (nSPS) is 31.9. The minimum absolute atomic E-state index is 0. The van der Waals surface area contributed by atoms with Gasteiger partial charge in [0.2, 0.25) is 5.52 Å². The van der Waals surface area contributed by atoms with Gasteiger partial charge in [-0.05, 0) is 47.2 Å². The number of nitrogens with one attached hydrogen (secondary N) is 1. The maximum absolute atomic E-state index is 7.09. The number of fused-ring (bicyclic) bond motifs is 7. The Morgan fingerprint density at radius 3 is 2.85 bits per heavy atom. The van der Waals surface area contributed by atoms with E-state index in [0.29, 0.717) is 30.5 Å². The smallest absolute Gasteiger partial charge is 0.235 e. The number of ether oxygens (including phenoxy) is 2. The number of para-hydroxylation sites is 1. The summed E-state index contributed by atoms with van der Waals surface area (Å²) in [6, 6.07) is 21.5. The van der Waals surface area contributed by atoms with Crippen LogP contribution < -0.4 is 14.0 Å². The molecule has 6 aliphatic rings. The fourth-order valence-corrected chi connectivity index (χ4v) is 11.6. The van der Waals surface area contributed by atoms with E-state index >= 15 is 0 Å². The number of hydrogen-bond donors (Lipinski definition) is 1. The highest BCUT2D eigenvalue weighted by molar-refractivity contribution is 6.13. The Bertz CT molecular complexity index is 2240. The van der Waals surface area contributed by atoms with E-state index in [9.17, 15) is 0 Å². The van der Waals surface area contributed by atoms with Gasteiger partial charge in [0.15, 0.2) is 12.4 Å². The molecular formula is C40H42N4O4. The molecule has 1 saturated carbocycles. The molecule has 2 aromatic carbocycles. The number of hydrogen-bond acceptors (Lipinski definition) is 5. The van der Waals surface area contributed by atoms with E-state index in [2.05, 4.69) is 108 Å². The Kier molecular flexibility index (Phi) is 6.18. The third-order valence-corrected chi connectivity index (χ3v) is 13.4. The molecule has 11 rings (SSSR count). The van der Waals surface area contributed by atoms with Crippen molar-refractivity contribution in [2.24, 2.45) is 11.8 Å². The van der Waals surface area contributed by atoms with Crippen LogP contribution in [0.1, 0.15) is 36.5 Å². The molecule has 1 aliphatic carbocycles. The second-order valence-corrected chi connectivity index (χ2v) is 15.0. The molecule has 5 aromatic rings. The average Bonchev–Trinajstić information content (AvgIpc) is 3.68. The van der Waals surface area contributed by atoms with Crippen LogP contribution in [0.15, 0.2) is 84.8 Å². The highest BCUT2D eigenvalue weighted by Gasteiger charge is 2.74. The molecule has 5 aliphatic heterocycles. The van der Waals surface area contributed by atoms with Crippen LogP contribution in [0.5, 0.6) is 5.75 Å². The SMILES string of the molecule is CCc1c[n+]2ccc3c([nH]c4cccc(OC)c43)c2cc1C1=CN2c3ccccc3[C@@]34CC[N+]5(C)CC6=CCO[C@@H]1[C@@H]([C@H]23)[C@H]6C[C@@H]45.[OH-].[OH-]. The number of likely N-dealkylation sites (N-methyl/N-ethyl adjacent to an activating group) is 1. The zero-order valence-electron chi connectivity index (χ0n) is 27.7. The lowest BCUT2D eigenvalue weighted by atomic mass is 9.53. The molecule has 0 amide bonds. The van der Waals surface area contributed by atoms with Gasteiger partial charge in [0.25, 0.3) is 0 Å². The maximum atomic E-state index is 7.09. The summed E-state index contributed by atoms with van der Waals surface area (Å²) in [5.74, 6) is 1.92. The van der Waals surface area contributed by atoms with Crippen molar-refractivity contribution in [2.45, 2.75) is 49.8 Å². The summed E-state index contributed by atoms with van der Waals surface area (Å²) in [5.41, 5.74) is 12.3. The van der Waals surface area contributed by atoms with Crippen molar-refractivity contribution in [3.05, 3.63) is 102 Å². The van der Waals surface area contributed by atoms with Crippen LogP contribution >= 0.6 is 0 Å². The summed E-state index contributed by atoms with van der Waals surface area (Å²) >= 11 is 0. The van der Waals surface area contributed by atoms with Crippen molar-refractivity contribution in [2.75, 3.05) is 38.8 Å². The first-order valence-electron chi connectivity index (χ1n) is 17.2. The molecule has 246 valence electrons. The van der Waals surface area contributed by atoms with Gasteiger partial charge >= 0.3 is 0 Å². The number of benzene rings is 2. The quantitative estimate of drug-likeness (QED) is 0.149. The highest BCUT2D eigenvalue weighted by Crippen LogP contribution is 2.67. The van der Waals surface area contributed by atoms with Crippen LogP contribution in [0.3, 0.4) is 0 Å². The number of piperidine rings is 1. The van der Waals surface area contributed by atoms with Gasteiger partial charge in [-0.1, -0.05) is 37.3 Å². The van der Waals surface area contributed by atoms with Gasteiger partial charge in [0.05, 0.1) is 50.4 Å². The van der Waals surface area contributed by atoms with Gasteiger partial charge in [-0.2, -0.15) is 4.40 Å². The van der Waals surface area contributed by atoms with Gasteiger partial charge in [-0.3, -0.25) is 0 Å². The van der Waals surface area contributed by atoms with Crippen molar-refractivity contribution in [1.29, 1.82) is 0 Å². The van der Waals surface area contributed by atoms with E-state index in [4.69, 9.17) is 9.47 Å². The Balaban J connectivity index is 0.00000157. The van der Waals surface area contributed by atoms with Gasteiger partial charge in [0.1, 0.15) is 23.9 Å². The van der Waals surface area contributed by atoms with Crippen molar-refractivity contribution in [1.82, 2.24) is 4.98 Å². The fraction of sp³-hybridized carbons (Fsp3) is 0.375. The van der Waals surface area contributed by atoms with Crippen LogP contribution in [-0.2, 0) is 16.6 Å². The fourth-order valence-electron chi connectivity index (χ4n) is 11.6. The lowest BCUT2D eigenvalue weighted by molar-refractivity contribution is -0.925. The summed E-state index contributed by atoms with van der Waals surface area (Å²) in [7, 11) is 4.31. The predicted octanol–water partition coefficient (Wildman–Crippen LogP) is 5.95. The van der Waals surface area contributed by atoms with E-state index in [1.165, 1.54) is 63.7 Å². The van der Waals surface area contributed by atoms with Crippen LogP contribution in [0.2, 0.25) is 0 Å². The van der Waals surface area contributed by atoms with Crippen LogP contribution in [0, 0.1) is 11.8 Å². The number of H-pyrrole nitrogens is 1. The molecule has 8 heterocycles. The van der Waals surface area contributed by atoms with Gasteiger partial charge in [-0.25, -0.2) is 0 Å². The lowest BCUT2D eigenvalue weighted by Gasteiger charge is -2.59. The molecule has 1 unspecified atom stereocenters. The molecular weight excluding hydrogens is 600 g/mol. The van der Waals surface area contributed by atoms with Gasteiger partial charge < -0.3 is 34.8 Å². The Morgan fingerprint density at radius 2 is 2.00 bits per heavy atom. The van der Waals surface area contributed by atoms with Crippen molar-refractivity contribution < 1.29 is 29.3 Å². The topological polar surface area (TPSA) is 102 Å². The first kappa shape index (κ1) is 29.9. The molecule has 8 nitrogen and oxygen atoms in total. The molecule has 3 fully saturated rings. The van der Waals surface area contributed by atoms with Crippen molar-refractivity contribution >= 4 is 38.6 Å². The lowest BCUT2D eigenvalue weighted by Crippen LogP contribution is -2.70. The number of aryl methyl sites for hydroxylation is 1. The first-order valence-corrected chi connectivity index (χ1v) is 17.2. The number of anilines is 1. The number of rotatable bonds is 3. The summed E-state index contributed by atoms with van der Waals surface area (Å²) < 4.78 is 16.4. The third kappa shape index (κ3) is 3.36. The number of aromatic nitrogens is 2. The molecule has 0 radical (unpaired) electrons. The number of aromatic amines is 1. The summed E-state index contributed by atoms with van der Waals surface area (Å²) in [4.78, 5) is 6.51. The number of pyridine rings is 2. The second kappa shape index (κ2) is 9.92. The van der Waals surface area contributed by atoms with Gasteiger partial charge in [0, 0.05) is 64.7 Å². The Morgan fingerprint density at radius 1 is 1.12 bits per heavy atom. The van der Waals surface area contributed by atoms with Crippen LogP contribution in [-0.4, -0.2) is 72.5 Å². The predicted molar refractivity (Wildman–Crippen MR) is 185 cm³/mol. The second-order valence-electron chi connectivity index (χ2n) is 15.0. The van der Waals surface area contributed by atoms with Crippen molar-refractivity contribution in [3.8, 4) is 5.75 Å². The van der Waals surface area contributed by atoms with E-state index in [0.717, 1.165) is 28.6 Å². The first-order chi connectivity index (χ1) is 22.5. The van der Waals surface area contributed by atoms with E-state index in [1.807, 2.05) is 0 Å². The molecule has 48 heavy (non-hydrogen) atoms. The molecule has 3 aromatic heterocycles. The molecule has 8 heteroatoms. The zero-order chi connectivity index (χ0) is 30.5. The Labute approximate surface area is 280 Å². The largest absolute Gasteiger partial charge is 0.870 e. The number of quaternary nitrogens is 1. The average molecular weight is 643 g/mol. The van der Waals surface area contributed by atoms with E-state index in [-0.39, 0.29) is 22.5 Å². The summed E-state index contributed by atoms with van der Waals surface area (Å²) in [6.07, 6.45) is 13.2. The zero-order valence-corrected chi connectivity index (χ0v) is 27.7. The van der Waals surface area contributed by atoms with Gasteiger partial charge in [-0.15, -0.1) is 0 Å². The van der Waals surface area contributed by atoms with Crippen LogP contribution in [0.4, 0.5) is 5.69 Å². The number of nitrogens with zero attached hydrogens (tertiary/aromatic N) is 3. The molecule has 1 spiro atoms. The minimum atomic E-state index is 0. The monoisotopic (exact) mass is 642 g/mol.